The highest BCUT2D eigenvalue weighted by atomic mass is 16.5. The first kappa shape index (κ1) is 20.7. The molecule has 27 heavy (non-hydrogen) atoms. The summed E-state index contributed by atoms with van der Waals surface area (Å²) >= 11 is 0. The van der Waals surface area contributed by atoms with Gasteiger partial charge in [0, 0.05) is 0 Å². The molecule has 0 aliphatic carbocycles. The second-order valence-electron chi connectivity index (χ2n) is 7.76. The van der Waals surface area contributed by atoms with Crippen LogP contribution >= 0.6 is 0 Å². The first-order valence-corrected chi connectivity index (χ1v) is 9.43. The maximum atomic E-state index is 9.29. The van der Waals surface area contributed by atoms with Crippen molar-refractivity contribution in [1.82, 2.24) is 0 Å². The Morgan fingerprint density at radius 3 is 1.41 bits per heavy atom. The summed E-state index contributed by atoms with van der Waals surface area (Å²) in [5.74, 6) is 0.666. The Morgan fingerprint density at radius 1 is 0.741 bits per heavy atom. The van der Waals surface area contributed by atoms with Crippen LogP contribution in [0, 0.1) is 36.5 Å². The summed E-state index contributed by atoms with van der Waals surface area (Å²) in [6.45, 7) is 13.5. The molecule has 2 aromatic rings. The van der Waals surface area contributed by atoms with Crippen molar-refractivity contribution in [2.45, 2.75) is 66.6 Å². The van der Waals surface area contributed by atoms with E-state index < -0.39 is 0 Å². The molecule has 3 heteroatoms. The summed E-state index contributed by atoms with van der Waals surface area (Å²) in [5.41, 5.74) is 8.03. The van der Waals surface area contributed by atoms with E-state index in [0.29, 0.717) is 25.0 Å². The number of nitriles is 2. The largest absolute Gasteiger partial charge is 0.372 e. The molecular formula is C24H28N2O. The van der Waals surface area contributed by atoms with E-state index in [-0.39, 0.29) is 0 Å². The third kappa shape index (κ3) is 4.76. The van der Waals surface area contributed by atoms with Gasteiger partial charge in [-0.05, 0) is 71.2 Å². The number of nitrogens with zero attached hydrogens (tertiary/aromatic N) is 2. The summed E-state index contributed by atoms with van der Waals surface area (Å²) < 4.78 is 6.08. The van der Waals surface area contributed by atoms with Crippen LogP contribution in [0.15, 0.2) is 24.3 Å². The van der Waals surface area contributed by atoms with Crippen LogP contribution in [0.2, 0.25) is 0 Å². The van der Waals surface area contributed by atoms with Crippen molar-refractivity contribution in [3.05, 3.63) is 68.8 Å². The quantitative estimate of drug-likeness (QED) is 0.634. The molecule has 0 radical (unpaired) electrons. The van der Waals surface area contributed by atoms with Crippen LogP contribution in [0.4, 0.5) is 0 Å². The van der Waals surface area contributed by atoms with Crippen molar-refractivity contribution in [2.75, 3.05) is 0 Å². The van der Waals surface area contributed by atoms with E-state index in [1.807, 2.05) is 26.0 Å². The Bertz CT molecular complexity index is 836. The smallest absolute Gasteiger partial charge is 0.0994 e. The fraction of sp³-hybridized carbons (Fsp3) is 0.417. The second kappa shape index (κ2) is 8.85. The molecule has 140 valence electrons. The fourth-order valence-electron chi connectivity index (χ4n) is 3.41. The highest BCUT2D eigenvalue weighted by Crippen LogP contribution is 2.27. The van der Waals surface area contributed by atoms with Gasteiger partial charge in [-0.15, -0.1) is 0 Å². The van der Waals surface area contributed by atoms with Crippen LogP contribution < -0.4 is 0 Å². The molecule has 0 aliphatic rings. The first-order chi connectivity index (χ1) is 12.8. The zero-order chi connectivity index (χ0) is 20.1. The lowest BCUT2D eigenvalue weighted by molar-refractivity contribution is 0.105. The summed E-state index contributed by atoms with van der Waals surface area (Å²) in [6.07, 6.45) is 0. The maximum Gasteiger partial charge on any atom is 0.0994 e. The van der Waals surface area contributed by atoms with Gasteiger partial charge in [-0.2, -0.15) is 10.5 Å². The number of hydrogen-bond acceptors (Lipinski definition) is 3. The van der Waals surface area contributed by atoms with Gasteiger partial charge in [0.2, 0.25) is 0 Å². The van der Waals surface area contributed by atoms with Crippen molar-refractivity contribution < 1.29 is 4.74 Å². The topological polar surface area (TPSA) is 56.8 Å². The monoisotopic (exact) mass is 360 g/mol. The predicted molar refractivity (Wildman–Crippen MR) is 108 cm³/mol. The third-order valence-corrected chi connectivity index (χ3v) is 4.97. The van der Waals surface area contributed by atoms with Crippen molar-refractivity contribution in [3.8, 4) is 12.1 Å². The van der Waals surface area contributed by atoms with Crippen molar-refractivity contribution in [2.24, 2.45) is 0 Å². The predicted octanol–water partition coefficient (Wildman–Crippen LogP) is 6.01. The molecule has 3 nitrogen and oxygen atoms in total. The van der Waals surface area contributed by atoms with E-state index >= 15 is 0 Å². The Balaban J connectivity index is 2.25. The van der Waals surface area contributed by atoms with Crippen LogP contribution in [0.25, 0.3) is 0 Å². The molecule has 0 atom stereocenters. The van der Waals surface area contributed by atoms with Gasteiger partial charge in [0.25, 0.3) is 0 Å². The molecular weight excluding hydrogens is 332 g/mol. The van der Waals surface area contributed by atoms with Crippen LogP contribution in [0.1, 0.15) is 84.0 Å². The van der Waals surface area contributed by atoms with Crippen LogP contribution in [0.5, 0.6) is 0 Å². The molecule has 0 bridgehead atoms. The third-order valence-electron chi connectivity index (χ3n) is 4.97. The minimum Gasteiger partial charge on any atom is -0.372 e. The lowest BCUT2D eigenvalue weighted by Crippen LogP contribution is -2.05. The number of ether oxygens (including phenoxy) is 1. The van der Waals surface area contributed by atoms with Gasteiger partial charge in [0.15, 0.2) is 0 Å². The molecule has 0 aromatic heterocycles. The molecule has 0 spiro atoms. The number of hydrogen-bond donors (Lipinski definition) is 0. The molecule has 0 unspecified atom stereocenters. The minimum absolute atomic E-state index is 0.333. The van der Waals surface area contributed by atoms with Gasteiger partial charge in [-0.3, -0.25) is 0 Å². The van der Waals surface area contributed by atoms with E-state index in [0.717, 1.165) is 44.5 Å². The van der Waals surface area contributed by atoms with Gasteiger partial charge < -0.3 is 4.74 Å². The normalized spacial score (nSPS) is 10.9. The van der Waals surface area contributed by atoms with Crippen molar-refractivity contribution in [1.29, 1.82) is 10.5 Å². The SMILES string of the molecule is Cc1cc(COCc2cc(C)c(C#N)cc2C(C)C)c(C(C)C)cc1C#N. The van der Waals surface area contributed by atoms with Gasteiger partial charge in [-0.1, -0.05) is 39.8 Å². The fourth-order valence-corrected chi connectivity index (χ4v) is 3.41. The Kier molecular flexibility index (Phi) is 6.78. The maximum absolute atomic E-state index is 9.29. The van der Waals surface area contributed by atoms with Gasteiger partial charge in [0.05, 0.1) is 36.5 Å². The molecule has 0 amide bonds. The van der Waals surface area contributed by atoms with Crippen molar-refractivity contribution >= 4 is 0 Å². The highest BCUT2D eigenvalue weighted by molar-refractivity contribution is 5.46. The van der Waals surface area contributed by atoms with Gasteiger partial charge in [-0.25, -0.2) is 0 Å². The number of benzene rings is 2. The standard InChI is InChI=1S/C24H28N2O/c1-15(2)23-9-19(11-25)17(5)7-21(23)13-27-14-22-8-18(6)20(12-26)10-24(22)16(3)4/h7-10,15-16H,13-14H2,1-6H3. The molecule has 0 saturated heterocycles. The second-order valence-corrected chi connectivity index (χ2v) is 7.76. The zero-order valence-corrected chi connectivity index (χ0v) is 17.2. The first-order valence-electron chi connectivity index (χ1n) is 9.43. The summed E-state index contributed by atoms with van der Waals surface area (Å²) in [4.78, 5) is 0. The molecule has 2 rings (SSSR count). The molecule has 0 heterocycles. The molecule has 0 aliphatic heterocycles. The van der Waals surface area contributed by atoms with Gasteiger partial charge in [0.1, 0.15) is 0 Å². The van der Waals surface area contributed by atoms with Crippen molar-refractivity contribution in [3.63, 3.8) is 0 Å². The minimum atomic E-state index is 0.333. The van der Waals surface area contributed by atoms with E-state index in [4.69, 9.17) is 4.74 Å². The van der Waals surface area contributed by atoms with Crippen LogP contribution in [-0.2, 0) is 18.0 Å². The van der Waals surface area contributed by atoms with E-state index in [9.17, 15) is 10.5 Å². The number of aryl methyl sites for hydroxylation is 2. The lowest BCUT2D eigenvalue weighted by Gasteiger charge is -2.18. The number of rotatable bonds is 6. The van der Waals surface area contributed by atoms with E-state index in [1.54, 1.807) is 0 Å². The Morgan fingerprint density at radius 2 is 1.11 bits per heavy atom. The molecule has 0 fully saturated rings. The summed E-state index contributed by atoms with van der Waals surface area (Å²) in [5, 5.41) is 18.6. The summed E-state index contributed by atoms with van der Waals surface area (Å²) in [6, 6.07) is 12.7. The van der Waals surface area contributed by atoms with E-state index in [1.165, 1.54) is 0 Å². The lowest BCUT2D eigenvalue weighted by atomic mass is 9.92. The van der Waals surface area contributed by atoms with Crippen LogP contribution in [-0.4, -0.2) is 0 Å². The van der Waals surface area contributed by atoms with E-state index in [2.05, 4.69) is 52.0 Å². The molecule has 0 N–H and O–H groups in total. The Hall–Kier alpha value is -2.62. The highest BCUT2D eigenvalue weighted by Gasteiger charge is 2.13. The molecule has 2 aromatic carbocycles. The average Bonchev–Trinajstić information content (AvgIpc) is 2.61. The average molecular weight is 361 g/mol. The Labute approximate surface area is 163 Å². The summed E-state index contributed by atoms with van der Waals surface area (Å²) in [7, 11) is 0. The zero-order valence-electron chi connectivity index (χ0n) is 17.2. The van der Waals surface area contributed by atoms with Gasteiger partial charge >= 0.3 is 0 Å². The molecule has 0 saturated carbocycles. The van der Waals surface area contributed by atoms with Crippen LogP contribution in [0.3, 0.4) is 0 Å².